The van der Waals surface area contributed by atoms with Crippen LogP contribution in [0.4, 0.5) is 0 Å². The number of hydrogen-bond acceptors (Lipinski definition) is 3. The molecule has 0 unspecified atom stereocenters. The molecule has 0 aromatic heterocycles. The van der Waals surface area contributed by atoms with Gasteiger partial charge in [-0.15, -0.1) is 0 Å². The molecule has 21 heavy (non-hydrogen) atoms. The number of carbonyl (C=O) groups is 1. The highest BCUT2D eigenvalue weighted by molar-refractivity contribution is 5.91. The molecule has 0 spiro atoms. The fourth-order valence-corrected chi connectivity index (χ4v) is 2.08. The molecule has 0 saturated carbocycles. The lowest BCUT2D eigenvalue weighted by molar-refractivity contribution is -0.117. The topological polar surface area (TPSA) is 47.6 Å². The Morgan fingerprint density at radius 2 is 1.90 bits per heavy atom. The van der Waals surface area contributed by atoms with Gasteiger partial charge in [-0.25, -0.2) is 0 Å². The van der Waals surface area contributed by atoms with Gasteiger partial charge in [0.25, 0.3) is 0 Å². The Bertz CT molecular complexity index is 452. The number of ether oxygens (including phenoxy) is 2. The van der Waals surface area contributed by atoms with Crippen molar-refractivity contribution in [3.63, 3.8) is 0 Å². The fourth-order valence-electron chi connectivity index (χ4n) is 2.08. The van der Waals surface area contributed by atoms with Gasteiger partial charge in [0.05, 0.1) is 19.8 Å². The average Bonchev–Trinajstić information content (AvgIpc) is 2.45. The maximum atomic E-state index is 11.9. The molecule has 0 fully saturated rings. The molecule has 0 radical (unpaired) electrons. The van der Waals surface area contributed by atoms with Crippen molar-refractivity contribution in [3.05, 3.63) is 35.9 Å². The first-order valence-corrected chi connectivity index (χ1v) is 7.16. The van der Waals surface area contributed by atoms with Gasteiger partial charge in [0.2, 0.25) is 5.91 Å². The van der Waals surface area contributed by atoms with E-state index >= 15 is 0 Å². The summed E-state index contributed by atoms with van der Waals surface area (Å²) in [4.78, 5) is 11.9. The Labute approximate surface area is 127 Å². The Morgan fingerprint density at radius 1 is 1.24 bits per heavy atom. The number of carbonyl (C=O) groups excluding carboxylic acids is 1. The lowest BCUT2D eigenvalue weighted by Crippen LogP contribution is -2.38. The molecular formula is C17H25NO3. The van der Waals surface area contributed by atoms with Gasteiger partial charge in [-0.05, 0) is 36.1 Å². The van der Waals surface area contributed by atoms with Gasteiger partial charge in [0, 0.05) is 13.2 Å². The lowest BCUT2D eigenvalue weighted by Gasteiger charge is -2.18. The van der Waals surface area contributed by atoms with Crippen LogP contribution in [0.15, 0.2) is 30.3 Å². The SMILES string of the molecule is COC[C@@H](CC(C)C)NC(=O)/C=C/c1ccc(OC)cc1. The van der Waals surface area contributed by atoms with E-state index in [9.17, 15) is 4.79 Å². The molecule has 0 bridgehead atoms. The molecular weight excluding hydrogens is 266 g/mol. The number of nitrogens with one attached hydrogen (secondary N) is 1. The molecule has 0 aliphatic carbocycles. The standard InChI is InChI=1S/C17H25NO3/c1-13(2)11-15(12-20-3)18-17(19)10-7-14-5-8-16(21-4)9-6-14/h5-10,13,15H,11-12H2,1-4H3,(H,18,19)/b10-7+/t15-/m1/s1. The third-order valence-corrected chi connectivity index (χ3v) is 3.01. The summed E-state index contributed by atoms with van der Waals surface area (Å²) in [5.41, 5.74) is 0.957. The minimum Gasteiger partial charge on any atom is -0.497 e. The number of hydrogen-bond donors (Lipinski definition) is 1. The molecule has 4 heteroatoms. The maximum absolute atomic E-state index is 11.9. The summed E-state index contributed by atoms with van der Waals surface area (Å²) >= 11 is 0. The molecule has 1 N–H and O–H groups in total. The second-order valence-corrected chi connectivity index (χ2v) is 5.40. The van der Waals surface area contributed by atoms with Crippen LogP contribution < -0.4 is 10.1 Å². The highest BCUT2D eigenvalue weighted by atomic mass is 16.5. The number of benzene rings is 1. The predicted molar refractivity (Wildman–Crippen MR) is 85.3 cm³/mol. The minimum absolute atomic E-state index is 0.0445. The van der Waals surface area contributed by atoms with Gasteiger partial charge in [-0.1, -0.05) is 26.0 Å². The predicted octanol–water partition coefficient (Wildman–Crippen LogP) is 2.89. The number of methoxy groups -OCH3 is 2. The van der Waals surface area contributed by atoms with E-state index in [0.717, 1.165) is 17.7 Å². The van der Waals surface area contributed by atoms with Gasteiger partial charge in [0.1, 0.15) is 5.75 Å². The molecule has 1 aromatic rings. The second-order valence-electron chi connectivity index (χ2n) is 5.40. The third-order valence-electron chi connectivity index (χ3n) is 3.01. The van der Waals surface area contributed by atoms with Crippen molar-refractivity contribution < 1.29 is 14.3 Å². The zero-order valence-corrected chi connectivity index (χ0v) is 13.3. The molecule has 0 aliphatic heterocycles. The highest BCUT2D eigenvalue weighted by Crippen LogP contribution is 2.12. The zero-order valence-electron chi connectivity index (χ0n) is 13.3. The Balaban J connectivity index is 2.55. The largest absolute Gasteiger partial charge is 0.497 e. The first-order valence-electron chi connectivity index (χ1n) is 7.16. The van der Waals surface area contributed by atoms with Crippen molar-refractivity contribution in [2.75, 3.05) is 20.8 Å². The van der Waals surface area contributed by atoms with Crippen LogP contribution in [0.3, 0.4) is 0 Å². The van der Waals surface area contributed by atoms with Crippen LogP contribution in [0.5, 0.6) is 5.75 Å². The van der Waals surface area contributed by atoms with Gasteiger partial charge < -0.3 is 14.8 Å². The first-order chi connectivity index (χ1) is 10.0. The van der Waals surface area contributed by atoms with Crippen molar-refractivity contribution in [2.24, 2.45) is 5.92 Å². The van der Waals surface area contributed by atoms with Crippen LogP contribution in [0.1, 0.15) is 25.8 Å². The molecule has 1 atom stereocenters. The first kappa shape index (κ1) is 17.2. The van der Waals surface area contributed by atoms with Gasteiger partial charge >= 0.3 is 0 Å². The van der Waals surface area contributed by atoms with Crippen molar-refractivity contribution in [1.29, 1.82) is 0 Å². The van der Waals surface area contributed by atoms with Crippen LogP contribution >= 0.6 is 0 Å². The van der Waals surface area contributed by atoms with Gasteiger partial charge in [-0.2, -0.15) is 0 Å². The zero-order chi connectivity index (χ0) is 15.7. The van der Waals surface area contributed by atoms with E-state index in [4.69, 9.17) is 9.47 Å². The minimum atomic E-state index is -0.103. The van der Waals surface area contributed by atoms with Crippen LogP contribution in [0, 0.1) is 5.92 Å². The van der Waals surface area contributed by atoms with E-state index in [0.29, 0.717) is 12.5 Å². The molecule has 4 nitrogen and oxygen atoms in total. The average molecular weight is 291 g/mol. The summed E-state index contributed by atoms with van der Waals surface area (Å²) < 4.78 is 10.2. The summed E-state index contributed by atoms with van der Waals surface area (Å²) in [7, 11) is 3.27. The van der Waals surface area contributed by atoms with Crippen molar-refractivity contribution in [2.45, 2.75) is 26.3 Å². The molecule has 0 saturated heterocycles. The molecule has 1 amide bonds. The number of amides is 1. The number of rotatable bonds is 8. The monoisotopic (exact) mass is 291 g/mol. The molecule has 1 aromatic carbocycles. The van der Waals surface area contributed by atoms with E-state index in [1.54, 1.807) is 26.4 Å². The third kappa shape index (κ3) is 6.95. The second kappa shape index (κ2) is 9.19. The van der Waals surface area contributed by atoms with E-state index in [1.807, 2.05) is 24.3 Å². The maximum Gasteiger partial charge on any atom is 0.244 e. The van der Waals surface area contributed by atoms with E-state index < -0.39 is 0 Å². The highest BCUT2D eigenvalue weighted by Gasteiger charge is 2.12. The quantitative estimate of drug-likeness (QED) is 0.749. The smallest absolute Gasteiger partial charge is 0.244 e. The summed E-state index contributed by atoms with van der Waals surface area (Å²) in [6.07, 6.45) is 4.23. The van der Waals surface area contributed by atoms with E-state index in [-0.39, 0.29) is 11.9 Å². The van der Waals surface area contributed by atoms with Gasteiger partial charge in [0.15, 0.2) is 0 Å². The van der Waals surface area contributed by atoms with Crippen molar-refractivity contribution >= 4 is 12.0 Å². The Hall–Kier alpha value is -1.81. The van der Waals surface area contributed by atoms with E-state index in [2.05, 4.69) is 19.2 Å². The van der Waals surface area contributed by atoms with E-state index in [1.165, 1.54) is 0 Å². The molecule has 0 heterocycles. The molecule has 1 rings (SSSR count). The van der Waals surface area contributed by atoms with Gasteiger partial charge in [-0.3, -0.25) is 4.79 Å². The fraction of sp³-hybridized carbons (Fsp3) is 0.471. The summed E-state index contributed by atoms with van der Waals surface area (Å²) in [5.74, 6) is 1.21. The van der Waals surface area contributed by atoms with Crippen LogP contribution in [0.2, 0.25) is 0 Å². The molecule has 116 valence electrons. The summed E-state index contributed by atoms with van der Waals surface area (Å²) in [6, 6.07) is 7.59. The summed E-state index contributed by atoms with van der Waals surface area (Å²) in [5, 5.41) is 2.97. The van der Waals surface area contributed by atoms with Crippen LogP contribution in [-0.4, -0.2) is 32.8 Å². The molecule has 0 aliphatic rings. The van der Waals surface area contributed by atoms with Crippen molar-refractivity contribution in [1.82, 2.24) is 5.32 Å². The normalized spacial score (nSPS) is 12.6. The van der Waals surface area contributed by atoms with Crippen molar-refractivity contribution in [3.8, 4) is 5.75 Å². The summed E-state index contributed by atoms with van der Waals surface area (Å²) in [6.45, 7) is 4.78. The van der Waals surface area contributed by atoms with Crippen LogP contribution in [0.25, 0.3) is 6.08 Å². The Kier molecular flexibility index (Phi) is 7.54. The Morgan fingerprint density at radius 3 is 2.43 bits per heavy atom. The lowest BCUT2D eigenvalue weighted by atomic mass is 10.0. The van der Waals surface area contributed by atoms with Crippen LogP contribution in [-0.2, 0) is 9.53 Å².